The van der Waals surface area contributed by atoms with E-state index in [1.807, 2.05) is 18.7 Å². The smallest absolute Gasteiger partial charge is 0.236 e. The lowest BCUT2D eigenvalue weighted by atomic mass is 10.1. The summed E-state index contributed by atoms with van der Waals surface area (Å²) in [6.45, 7) is 8.49. The zero-order valence-corrected chi connectivity index (χ0v) is 10.3. The summed E-state index contributed by atoms with van der Waals surface area (Å²) in [4.78, 5) is 13.6. The maximum Gasteiger partial charge on any atom is 0.236 e. The highest BCUT2D eigenvalue weighted by Gasteiger charge is 2.21. The van der Waals surface area contributed by atoms with E-state index >= 15 is 0 Å². The Hall–Kier alpha value is -0.570. The molecule has 1 amide bonds. The fourth-order valence-corrected chi connectivity index (χ4v) is 2.31. The number of hydrogen-bond acceptors (Lipinski definition) is 2. The molecule has 1 rings (SSSR count). The molecule has 0 bridgehead atoms. The van der Waals surface area contributed by atoms with Crippen molar-refractivity contribution < 1.29 is 4.79 Å². The molecular formula is C12H24N2O. The third-order valence-corrected chi connectivity index (χ3v) is 3.35. The van der Waals surface area contributed by atoms with E-state index in [2.05, 4.69) is 12.2 Å². The maximum absolute atomic E-state index is 11.7. The first-order valence-corrected chi connectivity index (χ1v) is 6.18. The van der Waals surface area contributed by atoms with Gasteiger partial charge < -0.3 is 10.2 Å². The quantitative estimate of drug-likeness (QED) is 0.751. The van der Waals surface area contributed by atoms with Crippen molar-refractivity contribution in [2.24, 2.45) is 5.92 Å². The minimum Gasteiger partial charge on any atom is -0.342 e. The van der Waals surface area contributed by atoms with E-state index in [9.17, 15) is 4.79 Å². The van der Waals surface area contributed by atoms with Gasteiger partial charge in [-0.25, -0.2) is 0 Å². The third kappa shape index (κ3) is 3.82. The maximum atomic E-state index is 11.7. The fraction of sp³-hybridized carbons (Fsp3) is 0.917. The van der Waals surface area contributed by atoms with Gasteiger partial charge in [0.15, 0.2) is 0 Å². The predicted octanol–water partition coefficient (Wildman–Crippen LogP) is 1.63. The van der Waals surface area contributed by atoms with Gasteiger partial charge >= 0.3 is 0 Å². The van der Waals surface area contributed by atoms with E-state index in [0.29, 0.717) is 12.6 Å². The molecule has 1 N–H and O–H groups in total. The number of nitrogens with zero attached hydrogens (tertiary/aromatic N) is 1. The van der Waals surface area contributed by atoms with Crippen LogP contribution in [0, 0.1) is 5.92 Å². The van der Waals surface area contributed by atoms with E-state index in [-0.39, 0.29) is 5.91 Å². The molecule has 1 fully saturated rings. The van der Waals surface area contributed by atoms with Gasteiger partial charge in [-0.2, -0.15) is 0 Å². The van der Waals surface area contributed by atoms with Gasteiger partial charge in [0.2, 0.25) is 5.91 Å². The van der Waals surface area contributed by atoms with Gasteiger partial charge in [-0.05, 0) is 39.0 Å². The van der Waals surface area contributed by atoms with Crippen LogP contribution in [0.25, 0.3) is 0 Å². The van der Waals surface area contributed by atoms with Gasteiger partial charge in [-0.15, -0.1) is 0 Å². The molecule has 0 saturated heterocycles. The Morgan fingerprint density at radius 1 is 1.33 bits per heavy atom. The van der Waals surface area contributed by atoms with Crippen LogP contribution >= 0.6 is 0 Å². The van der Waals surface area contributed by atoms with E-state index in [4.69, 9.17) is 0 Å². The molecule has 0 radical (unpaired) electrons. The highest BCUT2D eigenvalue weighted by Crippen LogP contribution is 2.24. The lowest BCUT2D eigenvalue weighted by Crippen LogP contribution is -2.40. The molecule has 0 aromatic heterocycles. The van der Waals surface area contributed by atoms with Crippen LogP contribution in [0.15, 0.2) is 0 Å². The van der Waals surface area contributed by atoms with Crippen LogP contribution in [0.4, 0.5) is 0 Å². The van der Waals surface area contributed by atoms with E-state index in [1.54, 1.807) is 0 Å². The summed E-state index contributed by atoms with van der Waals surface area (Å²) in [5.74, 6) is 1.06. The second-order valence-electron chi connectivity index (χ2n) is 4.56. The molecule has 0 aliphatic heterocycles. The van der Waals surface area contributed by atoms with Crippen molar-refractivity contribution in [2.75, 3.05) is 19.6 Å². The molecule has 0 heterocycles. The second kappa shape index (κ2) is 6.11. The number of nitrogens with one attached hydrogen (secondary N) is 1. The Morgan fingerprint density at radius 3 is 2.47 bits per heavy atom. The number of carbonyl (C=O) groups is 1. The second-order valence-corrected chi connectivity index (χ2v) is 4.56. The van der Waals surface area contributed by atoms with Gasteiger partial charge in [-0.1, -0.05) is 6.92 Å². The SMILES string of the molecule is CCN(CC)C(=O)CNC1CCC(C)C1. The Bertz CT molecular complexity index is 202. The topological polar surface area (TPSA) is 32.3 Å². The van der Waals surface area contributed by atoms with Crippen molar-refractivity contribution in [1.29, 1.82) is 0 Å². The van der Waals surface area contributed by atoms with Crippen LogP contribution in [0.5, 0.6) is 0 Å². The van der Waals surface area contributed by atoms with Crippen LogP contribution in [0.1, 0.15) is 40.0 Å². The zero-order valence-electron chi connectivity index (χ0n) is 10.3. The van der Waals surface area contributed by atoms with Crippen molar-refractivity contribution in [3.8, 4) is 0 Å². The van der Waals surface area contributed by atoms with Crippen LogP contribution in [-0.4, -0.2) is 36.5 Å². The number of carbonyl (C=O) groups excluding carboxylic acids is 1. The Kier molecular flexibility index (Phi) is 5.09. The highest BCUT2D eigenvalue weighted by atomic mass is 16.2. The monoisotopic (exact) mass is 212 g/mol. The summed E-state index contributed by atoms with van der Waals surface area (Å²) < 4.78 is 0. The molecule has 0 aromatic rings. The van der Waals surface area contributed by atoms with Crippen molar-refractivity contribution in [2.45, 2.75) is 46.1 Å². The first-order valence-electron chi connectivity index (χ1n) is 6.18. The van der Waals surface area contributed by atoms with Crippen LogP contribution in [0.3, 0.4) is 0 Å². The summed E-state index contributed by atoms with van der Waals surface area (Å²) in [6, 6.07) is 0.569. The summed E-state index contributed by atoms with van der Waals surface area (Å²) in [5, 5.41) is 3.37. The molecule has 1 aliphatic rings. The number of amides is 1. The lowest BCUT2D eigenvalue weighted by Gasteiger charge is -2.20. The van der Waals surface area contributed by atoms with E-state index < -0.39 is 0 Å². The molecule has 15 heavy (non-hydrogen) atoms. The first kappa shape index (κ1) is 12.5. The average molecular weight is 212 g/mol. The summed E-state index contributed by atoms with van der Waals surface area (Å²) in [6.07, 6.45) is 3.76. The first-order chi connectivity index (χ1) is 7.17. The largest absolute Gasteiger partial charge is 0.342 e. The molecule has 0 spiro atoms. The Morgan fingerprint density at radius 2 is 2.00 bits per heavy atom. The standard InChI is InChI=1S/C12H24N2O/c1-4-14(5-2)12(15)9-13-11-7-6-10(3)8-11/h10-11,13H,4-9H2,1-3H3. The Balaban J connectivity index is 2.21. The molecule has 88 valence electrons. The van der Waals surface area contributed by atoms with E-state index in [0.717, 1.165) is 19.0 Å². The minimum atomic E-state index is 0.236. The highest BCUT2D eigenvalue weighted by molar-refractivity contribution is 5.78. The molecule has 0 aromatic carbocycles. The number of rotatable bonds is 5. The predicted molar refractivity (Wildman–Crippen MR) is 62.7 cm³/mol. The van der Waals surface area contributed by atoms with Crippen LogP contribution < -0.4 is 5.32 Å². The molecular weight excluding hydrogens is 188 g/mol. The van der Waals surface area contributed by atoms with Gasteiger partial charge in [0.25, 0.3) is 0 Å². The van der Waals surface area contributed by atoms with Gasteiger partial charge in [0.1, 0.15) is 0 Å². The van der Waals surface area contributed by atoms with Crippen molar-refractivity contribution in [3.63, 3.8) is 0 Å². The zero-order chi connectivity index (χ0) is 11.3. The average Bonchev–Trinajstić information content (AvgIpc) is 2.63. The van der Waals surface area contributed by atoms with Gasteiger partial charge in [-0.3, -0.25) is 4.79 Å². The van der Waals surface area contributed by atoms with Gasteiger partial charge in [0, 0.05) is 19.1 Å². The summed E-state index contributed by atoms with van der Waals surface area (Å²) in [5.41, 5.74) is 0. The summed E-state index contributed by atoms with van der Waals surface area (Å²) >= 11 is 0. The fourth-order valence-electron chi connectivity index (χ4n) is 2.31. The molecule has 3 nitrogen and oxygen atoms in total. The van der Waals surface area contributed by atoms with E-state index in [1.165, 1.54) is 19.3 Å². The summed E-state index contributed by atoms with van der Waals surface area (Å²) in [7, 11) is 0. The molecule has 2 unspecified atom stereocenters. The van der Waals surface area contributed by atoms with Gasteiger partial charge in [0.05, 0.1) is 6.54 Å². The van der Waals surface area contributed by atoms with Crippen molar-refractivity contribution in [3.05, 3.63) is 0 Å². The van der Waals surface area contributed by atoms with Crippen molar-refractivity contribution >= 4 is 5.91 Å². The Labute approximate surface area is 93.2 Å². The number of likely N-dealkylation sites (N-methyl/N-ethyl adjacent to an activating group) is 1. The molecule has 2 atom stereocenters. The minimum absolute atomic E-state index is 0.236. The number of hydrogen-bond donors (Lipinski definition) is 1. The van der Waals surface area contributed by atoms with Crippen molar-refractivity contribution in [1.82, 2.24) is 10.2 Å². The van der Waals surface area contributed by atoms with Crippen LogP contribution in [-0.2, 0) is 4.79 Å². The lowest BCUT2D eigenvalue weighted by molar-refractivity contribution is -0.130. The third-order valence-electron chi connectivity index (χ3n) is 3.35. The molecule has 1 aliphatic carbocycles. The molecule has 1 saturated carbocycles. The van der Waals surface area contributed by atoms with Crippen LogP contribution in [0.2, 0.25) is 0 Å². The normalized spacial score (nSPS) is 25.5. The molecule has 3 heteroatoms.